The van der Waals surface area contributed by atoms with E-state index in [1.54, 1.807) is 0 Å². The van der Waals surface area contributed by atoms with E-state index in [1.165, 1.54) is 98.0 Å². The van der Waals surface area contributed by atoms with Gasteiger partial charge in [-0.15, -0.1) is 0 Å². The molecule has 10 rings (SSSR count). The molecule has 0 saturated carbocycles. The molecule has 0 N–H and O–H groups in total. The van der Waals surface area contributed by atoms with Crippen LogP contribution in [0, 0.1) is 0 Å². The van der Waals surface area contributed by atoms with E-state index in [0.29, 0.717) is 0 Å². The summed E-state index contributed by atoms with van der Waals surface area (Å²) in [5.41, 5.74) is 7.70. The topological polar surface area (TPSA) is 0 Å². The van der Waals surface area contributed by atoms with Gasteiger partial charge in [0.2, 0.25) is 0 Å². The maximum Gasteiger partial charge on any atom is -0.00201 e. The van der Waals surface area contributed by atoms with E-state index < -0.39 is 0 Å². The van der Waals surface area contributed by atoms with E-state index in [-0.39, 0.29) is 0 Å². The van der Waals surface area contributed by atoms with Crippen LogP contribution >= 0.6 is 0 Å². The van der Waals surface area contributed by atoms with Crippen molar-refractivity contribution in [3.8, 4) is 33.4 Å². The van der Waals surface area contributed by atoms with Crippen LogP contribution in [0.5, 0.6) is 0 Å². The summed E-state index contributed by atoms with van der Waals surface area (Å²) in [6.07, 6.45) is 0. The second kappa shape index (κ2) is 9.76. The highest BCUT2D eigenvalue weighted by molar-refractivity contribution is 6.31. The molecule has 0 nitrogen and oxygen atoms in total. The summed E-state index contributed by atoms with van der Waals surface area (Å²) in [7, 11) is 0. The van der Waals surface area contributed by atoms with E-state index in [0.717, 1.165) is 0 Å². The summed E-state index contributed by atoms with van der Waals surface area (Å²) >= 11 is 0. The molecule has 0 aromatic heterocycles. The quantitative estimate of drug-likeness (QED) is 0.144. The molecule has 0 unspecified atom stereocenters. The second-order valence-corrected chi connectivity index (χ2v) is 12.4. The fourth-order valence-electron chi connectivity index (χ4n) is 8.04. The van der Waals surface area contributed by atoms with Crippen LogP contribution in [0.25, 0.3) is 98.0 Å². The zero-order valence-electron chi connectivity index (χ0n) is 25.2. The van der Waals surface area contributed by atoms with E-state index >= 15 is 0 Å². The van der Waals surface area contributed by atoms with Crippen molar-refractivity contribution in [2.45, 2.75) is 0 Å². The van der Waals surface area contributed by atoms with Gasteiger partial charge >= 0.3 is 0 Å². The maximum absolute atomic E-state index is 2.35. The van der Waals surface area contributed by atoms with Crippen LogP contribution in [0.1, 0.15) is 0 Å². The molecule has 0 saturated heterocycles. The third kappa shape index (κ3) is 3.56. The summed E-state index contributed by atoms with van der Waals surface area (Å²) in [5, 5.41) is 15.5. The van der Waals surface area contributed by atoms with Crippen LogP contribution in [0.15, 0.2) is 170 Å². The molecule has 0 bridgehead atoms. The van der Waals surface area contributed by atoms with Gasteiger partial charge in [-0.05, 0) is 98.0 Å². The standard InChI is InChI=1S/C46H28/c1-2-11-29(12-3-1)34-25-21-31-23-27-41-42(28-24-32-22-26-40(34)43(31)44(32)41)46-38-18-8-6-16-36(38)45(37-17-7-9-19-39(37)46)35-20-10-14-30-13-4-5-15-33(30)35/h1-28H. The fourth-order valence-corrected chi connectivity index (χ4v) is 8.04. The van der Waals surface area contributed by atoms with Gasteiger partial charge < -0.3 is 0 Å². The Morgan fingerprint density at radius 3 is 1.26 bits per heavy atom. The first-order valence-corrected chi connectivity index (χ1v) is 16.0. The van der Waals surface area contributed by atoms with Gasteiger partial charge in [0.15, 0.2) is 0 Å². The van der Waals surface area contributed by atoms with Crippen molar-refractivity contribution in [2.24, 2.45) is 0 Å². The number of hydrogen-bond acceptors (Lipinski definition) is 0. The van der Waals surface area contributed by atoms with Gasteiger partial charge in [0.1, 0.15) is 0 Å². The minimum atomic E-state index is 1.25. The highest BCUT2D eigenvalue weighted by atomic mass is 14.2. The molecule has 10 aromatic carbocycles. The molecule has 0 radical (unpaired) electrons. The first-order valence-electron chi connectivity index (χ1n) is 16.0. The first kappa shape index (κ1) is 25.4. The Morgan fingerprint density at radius 1 is 0.217 bits per heavy atom. The monoisotopic (exact) mass is 580 g/mol. The summed E-state index contributed by atoms with van der Waals surface area (Å²) in [6.45, 7) is 0. The largest absolute Gasteiger partial charge is 0.0622 e. The normalized spacial score (nSPS) is 11.9. The highest BCUT2D eigenvalue weighted by Crippen LogP contribution is 2.48. The lowest BCUT2D eigenvalue weighted by Gasteiger charge is -2.21. The van der Waals surface area contributed by atoms with Crippen LogP contribution in [0.2, 0.25) is 0 Å². The Morgan fingerprint density at radius 2 is 0.652 bits per heavy atom. The van der Waals surface area contributed by atoms with E-state index in [2.05, 4.69) is 170 Å². The number of fused-ring (bicyclic) bond motifs is 3. The van der Waals surface area contributed by atoms with E-state index in [1.807, 2.05) is 0 Å². The lowest BCUT2D eigenvalue weighted by atomic mass is 9.82. The van der Waals surface area contributed by atoms with Crippen molar-refractivity contribution < 1.29 is 0 Å². The summed E-state index contributed by atoms with van der Waals surface area (Å²) < 4.78 is 0. The average molecular weight is 581 g/mol. The second-order valence-electron chi connectivity index (χ2n) is 12.4. The average Bonchev–Trinajstić information content (AvgIpc) is 3.13. The third-order valence-corrected chi connectivity index (χ3v) is 10.0. The smallest absolute Gasteiger partial charge is 0.00201 e. The molecule has 10 aromatic rings. The molecule has 0 aliphatic rings. The van der Waals surface area contributed by atoms with Gasteiger partial charge in [0.25, 0.3) is 0 Å². The van der Waals surface area contributed by atoms with Crippen molar-refractivity contribution >= 4 is 64.6 Å². The molecular formula is C46H28. The maximum atomic E-state index is 2.35. The fraction of sp³-hybridized carbons (Fsp3) is 0. The molecule has 0 fully saturated rings. The third-order valence-electron chi connectivity index (χ3n) is 10.0. The summed E-state index contributed by atoms with van der Waals surface area (Å²) in [5.74, 6) is 0. The van der Waals surface area contributed by atoms with Crippen molar-refractivity contribution in [2.75, 3.05) is 0 Å². The van der Waals surface area contributed by atoms with Gasteiger partial charge in [-0.2, -0.15) is 0 Å². The van der Waals surface area contributed by atoms with Crippen LogP contribution in [-0.2, 0) is 0 Å². The van der Waals surface area contributed by atoms with E-state index in [9.17, 15) is 0 Å². The van der Waals surface area contributed by atoms with Crippen molar-refractivity contribution in [1.29, 1.82) is 0 Å². The molecule has 0 spiro atoms. The molecule has 0 atom stereocenters. The molecular weight excluding hydrogens is 553 g/mol. The zero-order chi connectivity index (χ0) is 30.2. The summed E-state index contributed by atoms with van der Waals surface area (Å²) in [4.78, 5) is 0. The highest BCUT2D eigenvalue weighted by Gasteiger charge is 2.20. The van der Waals surface area contributed by atoms with Gasteiger partial charge in [-0.1, -0.05) is 170 Å². The molecule has 46 heavy (non-hydrogen) atoms. The molecule has 0 amide bonds. The molecule has 0 heterocycles. The predicted molar refractivity (Wildman–Crippen MR) is 199 cm³/mol. The predicted octanol–water partition coefficient (Wildman–Crippen LogP) is 13.0. The van der Waals surface area contributed by atoms with Gasteiger partial charge in [-0.25, -0.2) is 0 Å². The minimum absolute atomic E-state index is 1.25. The number of rotatable bonds is 3. The van der Waals surface area contributed by atoms with Crippen LogP contribution < -0.4 is 0 Å². The van der Waals surface area contributed by atoms with Gasteiger partial charge in [0.05, 0.1) is 0 Å². The lowest BCUT2D eigenvalue weighted by molar-refractivity contribution is 1.66. The lowest BCUT2D eigenvalue weighted by Crippen LogP contribution is -1.93. The van der Waals surface area contributed by atoms with Gasteiger partial charge in [0, 0.05) is 0 Å². The van der Waals surface area contributed by atoms with Crippen LogP contribution in [-0.4, -0.2) is 0 Å². The Labute approximate surface area is 267 Å². The van der Waals surface area contributed by atoms with Crippen molar-refractivity contribution in [3.63, 3.8) is 0 Å². The first-order chi connectivity index (χ1) is 22.8. The Bertz CT molecular complexity index is 2720. The number of benzene rings is 10. The molecule has 0 heteroatoms. The SMILES string of the molecule is c1ccc(-c2ccc3ccc4c(-c5c6ccccc6c(-c6cccc7ccccc67)c6ccccc56)ccc5ccc2c3c54)cc1. The zero-order valence-corrected chi connectivity index (χ0v) is 25.2. The Hall–Kier alpha value is -5.98. The number of hydrogen-bond donors (Lipinski definition) is 0. The summed E-state index contributed by atoms with van der Waals surface area (Å²) in [6, 6.07) is 62.8. The molecule has 212 valence electrons. The molecule has 0 aliphatic heterocycles. The Balaban J connectivity index is 1.34. The van der Waals surface area contributed by atoms with Crippen molar-refractivity contribution in [1.82, 2.24) is 0 Å². The van der Waals surface area contributed by atoms with Crippen LogP contribution in [0.3, 0.4) is 0 Å². The van der Waals surface area contributed by atoms with Crippen molar-refractivity contribution in [3.05, 3.63) is 170 Å². The van der Waals surface area contributed by atoms with Gasteiger partial charge in [-0.3, -0.25) is 0 Å². The minimum Gasteiger partial charge on any atom is -0.0622 e. The Kier molecular flexibility index (Phi) is 5.38. The molecule has 0 aliphatic carbocycles. The van der Waals surface area contributed by atoms with E-state index in [4.69, 9.17) is 0 Å². The van der Waals surface area contributed by atoms with Crippen LogP contribution in [0.4, 0.5) is 0 Å².